The van der Waals surface area contributed by atoms with Gasteiger partial charge in [0.2, 0.25) is 20.9 Å². The normalized spacial score (nSPS) is 17.8. The number of piperazine rings is 1. The first-order valence-electron chi connectivity index (χ1n) is 8.52. The van der Waals surface area contributed by atoms with Gasteiger partial charge in [-0.1, -0.05) is 11.3 Å². The predicted molar refractivity (Wildman–Crippen MR) is 98.7 cm³/mol. The summed E-state index contributed by atoms with van der Waals surface area (Å²) in [4.78, 5) is 6.48. The molecule has 0 radical (unpaired) electrons. The summed E-state index contributed by atoms with van der Waals surface area (Å²) in [6, 6.07) is 0.915. The minimum atomic E-state index is -3.38. The molecule has 3 aromatic rings. The van der Waals surface area contributed by atoms with Crippen molar-refractivity contribution in [2.24, 2.45) is 0 Å². The lowest BCUT2D eigenvalue weighted by molar-refractivity contribution is 0.155. The van der Waals surface area contributed by atoms with E-state index in [0.717, 1.165) is 29.7 Å². The first-order valence-corrected chi connectivity index (χ1v) is 11.2. The van der Waals surface area contributed by atoms with Crippen LogP contribution in [0, 0.1) is 17.5 Å². The van der Waals surface area contributed by atoms with Crippen molar-refractivity contribution in [1.29, 1.82) is 0 Å². The van der Waals surface area contributed by atoms with E-state index in [2.05, 4.69) is 10.1 Å². The SMILES string of the molecule is CS(=O)(=O)N1CCN([C@H](c2cc(F)c(F)c(F)c2)c2sc3ncnn3c2O)CC1. The van der Waals surface area contributed by atoms with E-state index in [1.165, 1.54) is 15.1 Å². The Kier molecular flexibility index (Phi) is 5.01. The maximum absolute atomic E-state index is 13.9. The lowest BCUT2D eigenvalue weighted by Crippen LogP contribution is -2.49. The van der Waals surface area contributed by atoms with Crippen LogP contribution in [0.15, 0.2) is 18.5 Å². The fraction of sp³-hybridized carbons (Fsp3) is 0.375. The molecule has 0 aliphatic carbocycles. The average molecular weight is 447 g/mol. The maximum atomic E-state index is 13.9. The zero-order valence-corrected chi connectivity index (χ0v) is 16.7. The molecule has 3 heterocycles. The topological polar surface area (TPSA) is 91.0 Å². The molecule has 1 saturated heterocycles. The summed E-state index contributed by atoms with van der Waals surface area (Å²) in [6.45, 7) is 0.822. The third kappa shape index (κ3) is 3.58. The standard InChI is InChI=1S/C16H16F3N5O3S2/c1-29(26,27)23-4-2-22(3-5-23)13(9-6-10(17)12(19)11(18)7-9)14-15(25)24-16(28-14)20-8-21-24/h6-8,13,25H,2-5H2,1H3/t13-/m1/s1. The number of nitrogens with zero attached hydrogens (tertiary/aromatic N) is 5. The van der Waals surface area contributed by atoms with Gasteiger partial charge in [-0.25, -0.2) is 26.6 Å². The van der Waals surface area contributed by atoms with Gasteiger partial charge in [-0.3, -0.25) is 4.90 Å². The van der Waals surface area contributed by atoms with Gasteiger partial charge in [0.25, 0.3) is 0 Å². The summed E-state index contributed by atoms with van der Waals surface area (Å²) in [5.41, 5.74) is 0.0917. The van der Waals surface area contributed by atoms with Gasteiger partial charge >= 0.3 is 0 Å². The molecule has 13 heteroatoms. The Balaban J connectivity index is 1.78. The van der Waals surface area contributed by atoms with Crippen LogP contribution in [0.2, 0.25) is 0 Å². The number of aromatic hydroxyl groups is 1. The second-order valence-corrected chi connectivity index (χ2v) is 9.63. The predicted octanol–water partition coefficient (Wildman–Crippen LogP) is 1.58. The van der Waals surface area contributed by atoms with Crippen LogP contribution < -0.4 is 0 Å². The number of hydrogen-bond donors (Lipinski definition) is 1. The largest absolute Gasteiger partial charge is 0.492 e. The Hall–Kier alpha value is -2.22. The molecule has 0 spiro atoms. The Morgan fingerprint density at radius 1 is 1.14 bits per heavy atom. The Morgan fingerprint density at radius 2 is 1.76 bits per heavy atom. The number of hydrogen-bond acceptors (Lipinski definition) is 7. The van der Waals surface area contributed by atoms with Crippen molar-refractivity contribution < 1.29 is 26.7 Å². The second kappa shape index (κ2) is 7.23. The monoisotopic (exact) mass is 447 g/mol. The molecule has 2 aromatic heterocycles. The van der Waals surface area contributed by atoms with Gasteiger partial charge in [0, 0.05) is 26.2 Å². The number of benzene rings is 1. The molecular weight excluding hydrogens is 431 g/mol. The van der Waals surface area contributed by atoms with Crippen molar-refractivity contribution >= 4 is 26.3 Å². The summed E-state index contributed by atoms with van der Waals surface area (Å²) < 4.78 is 67.4. The third-order valence-corrected chi connectivity index (χ3v) is 7.21. The zero-order chi connectivity index (χ0) is 20.9. The highest BCUT2D eigenvalue weighted by molar-refractivity contribution is 7.88. The van der Waals surface area contributed by atoms with E-state index in [-0.39, 0.29) is 37.6 Å². The van der Waals surface area contributed by atoms with Crippen LogP contribution in [0.3, 0.4) is 0 Å². The third-order valence-electron chi connectivity index (χ3n) is 4.82. The van der Waals surface area contributed by atoms with Crippen molar-refractivity contribution in [2.75, 3.05) is 32.4 Å². The molecular formula is C16H16F3N5O3S2. The zero-order valence-electron chi connectivity index (χ0n) is 15.1. The lowest BCUT2D eigenvalue weighted by atomic mass is 10.0. The summed E-state index contributed by atoms with van der Waals surface area (Å²) in [5, 5.41) is 14.5. The van der Waals surface area contributed by atoms with Crippen molar-refractivity contribution in [3.63, 3.8) is 0 Å². The van der Waals surface area contributed by atoms with Crippen LogP contribution in [0.25, 0.3) is 4.96 Å². The molecule has 0 bridgehead atoms. The van der Waals surface area contributed by atoms with Crippen molar-refractivity contribution in [2.45, 2.75) is 6.04 Å². The number of aromatic nitrogens is 3. The van der Waals surface area contributed by atoms with E-state index in [1.807, 2.05) is 0 Å². The van der Waals surface area contributed by atoms with E-state index < -0.39 is 33.5 Å². The molecule has 0 amide bonds. The molecule has 1 atom stereocenters. The number of rotatable bonds is 4. The van der Waals surface area contributed by atoms with Gasteiger partial charge < -0.3 is 5.11 Å². The molecule has 29 heavy (non-hydrogen) atoms. The summed E-state index contributed by atoms with van der Waals surface area (Å²) in [7, 11) is -3.38. The van der Waals surface area contributed by atoms with Crippen LogP contribution in [0.1, 0.15) is 16.5 Å². The van der Waals surface area contributed by atoms with Crippen LogP contribution in [-0.4, -0.2) is 69.8 Å². The fourth-order valence-electron chi connectivity index (χ4n) is 3.43. The van der Waals surface area contributed by atoms with Gasteiger partial charge in [0.05, 0.1) is 17.2 Å². The molecule has 4 rings (SSSR count). The van der Waals surface area contributed by atoms with Crippen LogP contribution in [0.5, 0.6) is 5.88 Å². The highest BCUT2D eigenvalue weighted by Crippen LogP contribution is 2.40. The van der Waals surface area contributed by atoms with Gasteiger partial charge in [-0.05, 0) is 17.7 Å². The average Bonchev–Trinajstić information content (AvgIpc) is 3.23. The van der Waals surface area contributed by atoms with Gasteiger partial charge in [0.15, 0.2) is 17.5 Å². The molecule has 156 valence electrons. The van der Waals surface area contributed by atoms with E-state index in [1.54, 1.807) is 4.90 Å². The summed E-state index contributed by atoms with van der Waals surface area (Å²) in [6.07, 6.45) is 2.36. The van der Waals surface area contributed by atoms with E-state index in [9.17, 15) is 26.7 Å². The summed E-state index contributed by atoms with van der Waals surface area (Å²) in [5.74, 6) is -4.53. The molecule has 1 N–H and O–H groups in total. The van der Waals surface area contributed by atoms with Crippen molar-refractivity contribution in [3.8, 4) is 5.88 Å². The molecule has 1 aliphatic heterocycles. The quantitative estimate of drug-likeness (QED) is 0.611. The Bertz CT molecular complexity index is 1150. The molecule has 1 aliphatic rings. The maximum Gasteiger partial charge on any atom is 0.230 e. The van der Waals surface area contributed by atoms with Gasteiger partial charge in [-0.2, -0.15) is 13.9 Å². The minimum Gasteiger partial charge on any atom is -0.492 e. The van der Waals surface area contributed by atoms with E-state index in [4.69, 9.17) is 0 Å². The minimum absolute atomic E-state index is 0.0917. The number of halogens is 3. The van der Waals surface area contributed by atoms with Crippen LogP contribution in [-0.2, 0) is 10.0 Å². The highest BCUT2D eigenvalue weighted by atomic mass is 32.2. The van der Waals surface area contributed by atoms with Crippen molar-refractivity contribution in [1.82, 2.24) is 23.8 Å². The smallest absolute Gasteiger partial charge is 0.230 e. The number of sulfonamides is 1. The number of thiazole rings is 1. The van der Waals surface area contributed by atoms with Gasteiger partial charge in [0.1, 0.15) is 6.33 Å². The molecule has 1 fully saturated rings. The van der Waals surface area contributed by atoms with Gasteiger partial charge in [-0.15, -0.1) is 0 Å². The number of fused-ring (bicyclic) bond motifs is 1. The first kappa shape index (κ1) is 20.1. The highest BCUT2D eigenvalue weighted by Gasteiger charge is 2.34. The first-order chi connectivity index (χ1) is 13.7. The molecule has 1 aromatic carbocycles. The summed E-state index contributed by atoms with van der Waals surface area (Å²) >= 11 is 1.08. The fourth-order valence-corrected chi connectivity index (χ4v) is 5.34. The van der Waals surface area contributed by atoms with Crippen LogP contribution >= 0.6 is 11.3 Å². The second-order valence-electron chi connectivity index (χ2n) is 6.64. The Morgan fingerprint density at radius 3 is 2.31 bits per heavy atom. The van der Waals surface area contributed by atoms with Crippen LogP contribution in [0.4, 0.5) is 13.2 Å². The van der Waals surface area contributed by atoms with Crippen molar-refractivity contribution in [3.05, 3.63) is 46.4 Å². The molecule has 0 unspecified atom stereocenters. The lowest BCUT2D eigenvalue weighted by Gasteiger charge is -2.38. The molecule has 0 saturated carbocycles. The molecule has 8 nitrogen and oxygen atoms in total. The Labute approximate surface area is 167 Å². The van der Waals surface area contributed by atoms with E-state index in [0.29, 0.717) is 9.84 Å². The van der Waals surface area contributed by atoms with E-state index >= 15 is 0 Å².